The van der Waals surface area contributed by atoms with Crippen LogP contribution in [0.25, 0.3) is 0 Å². The number of halogens is 2. The van der Waals surface area contributed by atoms with E-state index in [1.54, 1.807) is 0 Å². The standard InChI is InChI=1S/C20H16Br2O2/c21-17-5-9-19(10-6-17)23-13-15-1-2-16(4-3-15)14-24-20-11-7-18(22)8-12-20/h1-12H,13-14H2. The monoisotopic (exact) mass is 446 g/mol. The van der Waals surface area contributed by atoms with Gasteiger partial charge in [0.15, 0.2) is 0 Å². The Morgan fingerprint density at radius 1 is 0.500 bits per heavy atom. The van der Waals surface area contributed by atoms with Gasteiger partial charge >= 0.3 is 0 Å². The fourth-order valence-electron chi connectivity index (χ4n) is 2.13. The van der Waals surface area contributed by atoms with Crippen LogP contribution in [0, 0.1) is 0 Å². The Labute approximate surface area is 158 Å². The summed E-state index contributed by atoms with van der Waals surface area (Å²) in [5.41, 5.74) is 2.26. The minimum absolute atomic E-state index is 0.551. The van der Waals surface area contributed by atoms with Gasteiger partial charge in [-0.15, -0.1) is 0 Å². The predicted octanol–water partition coefficient (Wildman–Crippen LogP) is 6.37. The Morgan fingerprint density at radius 2 is 0.833 bits per heavy atom. The van der Waals surface area contributed by atoms with Gasteiger partial charge in [0.2, 0.25) is 0 Å². The van der Waals surface area contributed by atoms with Crippen molar-refractivity contribution < 1.29 is 9.47 Å². The normalized spacial score (nSPS) is 10.4. The van der Waals surface area contributed by atoms with Gasteiger partial charge in [0.25, 0.3) is 0 Å². The predicted molar refractivity (Wildman–Crippen MR) is 103 cm³/mol. The lowest BCUT2D eigenvalue weighted by Gasteiger charge is -2.09. The maximum atomic E-state index is 5.77. The van der Waals surface area contributed by atoms with Gasteiger partial charge in [-0.25, -0.2) is 0 Å². The summed E-state index contributed by atoms with van der Waals surface area (Å²) >= 11 is 6.83. The van der Waals surface area contributed by atoms with Gasteiger partial charge in [-0.05, 0) is 59.7 Å². The first-order valence-corrected chi connectivity index (χ1v) is 9.12. The van der Waals surface area contributed by atoms with E-state index in [0.717, 1.165) is 31.6 Å². The van der Waals surface area contributed by atoms with Gasteiger partial charge in [0.1, 0.15) is 24.7 Å². The van der Waals surface area contributed by atoms with E-state index in [4.69, 9.17) is 9.47 Å². The molecule has 0 spiro atoms. The molecule has 0 bridgehead atoms. The van der Waals surface area contributed by atoms with Crippen molar-refractivity contribution in [3.8, 4) is 11.5 Å². The molecule has 24 heavy (non-hydrogen) atoms. The molecular weight excluding hydrogens is 432 g/mol. The van der Waals surface area contributed by atoms with E-state index < -0.39 is 0 Å². The molecule has 3 rings (SSSR count). The zero-order valence-corrected chi connectivity index (χ0v) is 16.1. The van der Waals surface area contributed by atoms with E-state index in [9.17, 15) is 0 Å². The molecule has 122 valence electrons. The molecule has 0 atom stereocenters. The van der Waals surface area contributed by atoms with Crippen LogP contribution in [0.2, 0.25) is 0 Å². The van der Waals surface area contributed by atoms with Crippen LogP contribution >= 0.6 is 31.9 Å². The molecule has 0 unspecified atom stereocenters. The quantitative estimate of drug-likeness (QED) is 0.437. The molecule has 0 aromatic heterocycles. The lowest BCUT2D eigenvalue weighted by atomic mass is 10.1. The number of rotatable bonds is 6. The molecule has 2 nitrogen and oxygen atoms in total. The molecule has 0 fully saturated rings. The molecule has 0 radical (unpaired) electrons. The Kier molecular flexibility index (Phi) is 5.94. The van der Waals surface area contributed by atoms with Gasteiger partial charge in [-0.2, -0.15) is 0 Å². The van der Waals surface area contributed by atoms with Gasteiger partial charge in [0, 0.05) is 8.95 Å². The first kappa shape index (κ1) is 17.1. The zero-order valence-electron chi connectivity index (χ0n) is 12.9. The molecule has 0 saturated heterocycles. The number of hydrogen-bond donors (Lipinski definition) is 0. The van der Waals surface area contributed by atoms with Gasteiger partial charge in [-0.3, -0.25) is 0 Å². The van der Waals surface area contributed by atoms with Crippen molar-refractivity contribution in [2.24, 2.45) is 0 Å². The van der Waals surface area contributed by atoms with Gasteiger partial charge < -0.3 is 9.47 Å². The molecule has 0 heterocycles. The summed E-state index contributed by atoms with van der Waals surface area (Å²) in [6, 6.07) is 24.0. The van der Waals surface area contributed by atoms with E-state index in [2.05, 4.69) is 56.1 Å². The molecule has 0 aliphatic heterocycles. The smallest absolute Gasteiger partial charge is 0.119 e. The Morgan fingerprint density at radius 3 is 1.17 bits per heavy atom. The third-order valence-electron chi connectivity index (χ3n) is 3.46. The summed E-state index contributed by atoms with van der Waals surface area (Å²) in [7, 11) is 0. The van der Waals surface area contributed by atoms with Crippen molar-refractivity contribution in [2.75, 3.05) is 0 Å². The number of benzene rings is 3. The number of hydrogen-bond acceptors (Lipinski definition) is 2. The van der Waals surface area contributed by atoms with Crippen LogP contribution in [0.3, 0.4) is 0 Å². The van der Waals surface area contributed by atoms with Crippen molar-refractivity contribution in [1.82, 2.24) is 0 Å². The van der Waals surface area contributed by atoms with Gasteiger partial charge in [0.05, 0.1) is 0 Å². The maximum absolute atomic E-state index is 5.77. The van der Waals surface area contributed by atoms with E-state index in [0.29, 0.717) is 13.2 Å². The summed E-state index contributed by atoms with van der Waals surface area (Å²) in [6.07, 6.45) is 0. The van der Waals surface area contributed by atoms with Crippen molar-refractivity contribution in [3.05, 3.63) is 92.9 Å². The van der Waals surface area contributed by atoms with E-state index >= 15 is 0 Å². The van der Waals surface area contributed by atoms with Crippen LogP contribution in [0.15, 0.2) is 81.7 Å². The second-order valence-electron chi connectivity index (χ2n) is 5.30. The van der Waals surface area contributed by atoms with Crippen LogP contribution in [0.4, 0.5) is 0 Å². The van der Waals surface area contributed by atoms with Crippen molar-refractivity contribution in [2.45, 2.75) is 13.2 Å². The highest BCUT2D eigenvalue weighted by molar-refractivity contribution is 9.10. The first-order valence-electron chi connectivity index (χ1n) is 7.53. The highest BCUT2D eigenvalue weighted by Crippen LogP contribution is 2.19. The van der Waals surface area contributed by atoms with E-state index in [-0.39, 0.29) is 0 Å². The van der Waals surface area contributed by atoms with Crippen LogP contribution in [-0.2, 0) is 13.2 Å². The fourth-order valence-corrected chi connectivity index (χ4v) is 2.66. The molecule has 3 aromatic carbocycles. The minimum Gasteiger partial charge on any atom is -0.489 e. The average Bonchev–Trinajstić information content (AvgIpc) is 2.62. The summed E-state index contributed by atoms with van der Waals surface area (Å²) in [5, 5.41) is 0. The summed E-state index contributed by atoms with van der Waals surface area (Å²) < 4.78 is 13.6. The topological polar surface area (TPSA) is 18.5 Å². The Hall–Kier alpha value is -1.78. The van der Waals surface area contributed by atoms with E-state index in [1.165, 1.54) is 0 Å². The Balaban J connectivity index is 1.51. The Bertz CT molecular complexity index is 698. The van der Waals surface area contributed by atoms with Crippen molar-refractivity contribution in [1.29, 1.82) is 0 Å². The SMILES string of the molecule is Brc1ccc(OCc2ccc(COc3ccc(Br)cc3)cc2)cc1. The van der Waals surface area contributed by atoms with Crippen LogP contribution in [0.5, 0.6) is 11.5 Å². The van der Waals surface area contributed by atoms with E-state index in [1.807, 2.05) is 48.5 Å². The first-order chi connectivity index (χ1) is 11.7. The molecule has 4 heteroatoms. The zero-order chi connectivity index (χ0) is 16.8. The lowest BCUT2D eigenvalue weighted by molar-refractivity contribution is 0.302. The third-order valence-corrected chi connectivity index (χ3v) is 4.52. The van der Waals surface area contributed by atoms with Crippen LogP contribution < -0.4 is 9.47 Å². The van der Waals surface area contributed by atoms with Gasteiger partial charge in [-0.1, -0.05) is 56.1 Å². The second kappa shape index (κ2) is 8.36. The minimum atomic E-state index is 0.551. The second-order valence-corrected chi connectivity index (χ2v) is 7.13. The summed E-state index contributed by atoms with van der Waals surface area (Å²) in [5.74, 6) is 1.72. The summed E-state index contributed by atoms with van der Waals surface area (Å²) in [6.45, 7) is 1.10. The average molecular weight is 448 g/mol. The molecular formula is C20H16Br2O2. The molecule has 0 aliphatic rings. The molecule has 0 aliphatic carbocycles. The fraction of sp³-hybridized carbons (Fsp3) is 0.100. The van der Waals surface area contributed by atoms with Crippen LogP contribution in [-0.4, -0.2) is 0 Å². The molecule has 0 saturated carbocycles. The summed E-state index contributed by atoms with van der Waals surface area (Å²) in [4.78, 5) is 0. The molecule has 0 N–H and O–H groups in total. The van der Waals surface area contributed by atoms with Crippen molar-refractivity contribution in [3.63, 3.8) is 0 Å². The maximum Gasteiger partial charge on any atom is 0.119 e. The lowest BCUT2D eigenvalue weighted by Crippen LogP contribution is -1.98. The van der Waals surface area contributed by atoms with Crippen LogP contribution in [0.1, 0.15) is 11.1 Å². The third kappa shape index (κ3) is 5.11. The highest BCUT2D eigenvalue weighted by atomic mass is 79.9. The van der Waals surface area contributed by atoms with Crippen molar-refractivity contribution >= 4 is 31.9 Å². The largest absolute Gasteiger partial charge is 0.489 e. The molecule has 3 aromatic rings. The molecule has 0 amide bonds. The highest BCUT2D eigenvalue weighted by Gasteiger charge is 1.99. The number of ether oxygens (including phenoxy) is 2.